The Bertz CT molecular complexity index is 1750. The number of aromatic nitrogens is 5. The van der Waals surface area contributed by atoms with E-state index < -0.39 is 0 Å². The number of benzene rings is 2. The highest BCUT2D eigenvalue weighted by atomic mass is 16.2. The Kier molecular flexibility index (Phi) is 6.36. The van der Waals surface area contributed by atoms with Gasteiger partial charge in [0.1, 0.15) is 11.3 Å². The highest BCUT2D eigenvalue weighted by Crippen LogP contribution is 2.36. The molecule has 41 heavy (non-hydrogen) atoms. The lowest BCUT2D eigenvalue weighted by molar-refractivity contribution is -0.127. The number of nitrogens with zero attached hydrogens (tertiary/aromatic N) is 6. The van der Waals surface area contributed by atoms with Gasteiger partial charge in [-0.3, -0.25) is 9.36 Å². The zero-order valence-electron chi connectivity index (χ0n) is 22.8. The van der Waals surface area contributed by atoms with Crippen molar-refractivity contribution in [2.75, 3.05) is 18.8 Å². The van der Waals surface area contributed by atoms with Gasteiger partial charge >= 0.3 is 0 Å². The summed E-state index contributed by atoms with van der Waals surface area (Å²) < 4.78 is 3.87. The number of nitrogens with two attached hydrogens (primary N) is 1. The van der Waals surface area contributed by atoms with Crippen molar-refractivity contribution in [3.8, 4) is 22.9 Å². The van der Waals surface area contributed by atoms with Crippen LogP contribution < -0.4 is 11.1 Å². The molecule has 0 unspecified atom stereocenters. The highest BCUT2D eigenvalue weighted by Gasteiger charge is 2.28. The first-order chi connectivity index (χ1) is 20.1. The second-order valence-corrected chi connectivity index (χ2v) is 10.8. The molecular weight excluding hydrogens is 512 g/mol. The number of piperidine rings is 1. The van der Waals surface area contributed by atoms with E-state index >= 15 is 0 Å². The standard InChI is InChI=1S/C32H32N8O/c1-2-30(41)38-18-14-22(15-19-38)35-27-11-8-21-20-23(9-10-24(21)27)40-31(25-6-3-4-7-26(25)33)36-28-12-13-29(37-32(28)40)39-17-5-16-34-39/h2-7,9-10,12-13,16-17,20,22,27,35H,1,8,11,14-15,18-19,33H2/t27-/m0/s1. The number of nitrogens with one attached hydrogen (secondary N) is 1. The topological polar surface area (TPSA) is 107 Å². The SMILES string of the molecule is C=CC(=O)N1CCC(N[C@H]2CCc3cc(-n4c(-c5ccccc5N)nc5ccc(-n6cccn6)nc54)ccc32)CC1. The van der Waals surface area contributed by atoms with Gasteiger partial charge in [0.05, 0.1) is 0 Å². The number of likely N-dealkylation sites (tertiary alicyclic amines) is 1. The molecule has 1 amide bonds. The monoisotopic (exact) mass is 544 g/mol. The molecule has 206 valence electrons. The van der Waals surface area contributed by atoms with Crippen LogP contribution in [0.25, 0.3) is 34.1 Å². The van der Waals surface area contributed by atoms with Gasteiger partial charge in [-0.2, -0.15) is 5.10 Å². The van der Waals surface area contributed by atoms with E-state index in [1.807, 2.05) is 53.6 Å². The molecule has 2 aliphatic rings. The van der Waals surface area contributed by atoms with Crippen LogP contribution >= 0.6 is 0 Å². The van der Waals surface area contributed by atoms with Gasteiger partial charge in [-0.15, -0.1) is 0 Å². The highest BCUT2D eigenvalue weighted by molar-refractivity contribution is 5.87. The summed E-state index contributed by atoms with van der Waals surface area (Å²) in [4.78, 5) is 23.8. The van der Waals surface area contributed by atoms with Crippen LogP contribution in [-0.2, 0) is 11.2 Å². The van der Waals surface area contributed by atoms with Gasteiger partial charge in [0.15, 0.2) is 11.5 Å². The summed E-state index contributed by atoms with van der Waals surface area (Å²) in [5.74, 6) is 1.51. The van der Waals surface area contributed by atoms with Crippen LogP contribution in [0.2, 0.25) is 0 Å². The number of hydrogen-bond donors (Lipinski definition) is 2. The van der Waals surface area contributed by atoms with Gasteiger partial charge in [-0.1, -0.05) is 24.8 Å². The van der Waals surface area contributed by atoms with Gasteiger partial charge in [-0.25, -0.2) is 14.6 Å². The molecule has 9 nitrogen and oxygen atoms in total. The third kappa shape index (κ3) is 4.58. The molecule has 5 aromatic rings. The molecule has 3 N–H and O–H groups in total. The summed E-state index contributed by atoms with van der Waals surface area (Å²) in [6, 6.07) is 21.0. The molecule has 1 saturated heterocycles. The van der Waals surface area contributed by atoms with Crippen LogP contribution in [0, 0.1) is 0 Å². The minimum Gasteiger partial charge on any atom is -0.398 e. The van der Waals surface area contributed by atoms with E-state index in [1.165, 1.54) is 17.2 Å². The predicted molar refractivity (Wildman–Crippen MR) is 160 cm³/mol. The average Bonchev–Trinajstić information content (AvgIpc) is 3.76. The molecule has 1 aliphatic heterocycles. The van der Waals surface area contributed by atoms with Crippen LogP contribution in [0.4, 0.5) is 5.69 Å². The van der Waals surface area contributed by atoms with E-state index in [0.29, 0.717) is 17.8 Å². The van der Waals surface area contributed by atoms with Gasteiger partial charge in [0.25, 0.3) is 0 Å². The maximum atomic E-state index is 12.0. The third-order valence-corrected chi connectivity index (χ3v) is 8.31. The molecule has 2 aromatic carbocycles. The number of pyridine rings is 1. The van der Waals surface area contributed by atoms with Crippen molar-refractivity contribution in [3.05, 3.63) is 96.8 Å². The third-order valence-electron chi connectivity index (χ3n) is 8.31. The second-order valence-electron chi connectivity index (χ2n) is 10.8. The quantitative estimate of drug-likeness (QED) is 0.239. The molecule has 0 spiro atoms. The zero-order valence-corrected chi connectivity index (χ0v) is 22.8. The number of carbonyl (C=O) groups excluding carboxylic acids is 1. The van der Waals surface area contributed by atoms with E-state index in [-0.39, 0.29) is 5.91 Å². The van der Waals surface area contributed by atoms with Gasteiger partial charge in [-0.05, 0) is 85.4 Å². The first-order valence-corrected chi connectivity index (χ1v) is 14.1. The fourth-order valence-corrected chi connectivity index (χ4v) is 6.20. The summed E-state index contributed by atoms with van der Waals surface area (Å²) >= 11 is 0. The molecule has 0 saturated carbocycles. The largest absolute Gasteiger partial charge is 0.398 e. The lowest BCUT2D eigenvalue weighted by Gasteiger charge is -2.33. The Labute approximate surface area is 238 Å². The lowest BCUT2D eigenvalue weighted by Crippen LogP contribution is -2.45. The normalized spacial score (nSPS) is 17.2. The Hall–Kier alpha value is -4.76. The van der Waals surface area contributed by atoms with Gasteiger partial charge in [0.2, 0.25) is 5.91 Å². The minimum absolute atomic E-state index is 0.0251. The molecule has 3 aromatic heterocycles. The van der Waals surface area contributed by atoms with Crippen molar-refractivity contribution in [3.63, 3.8) is 0 Å². The van der Waals surface area contributed by atoms with Crippen LogP contribution in [0.5, 0.6) is 0 Å². The van der Waals surface area contributed by atoms with E-state index in [0.717, 1.165) is 72.8 Å². The van der Waals surface area contributed by atoms with E-state index in [9.17, 15) is 4.79 Å². The smallest absolute Gasteiger partial charge is 0.245 e. The number of nitrogen functional groups attached to an aromatic ring is 1. The van der Waals surface area contributed by atoms with Crippen molar-refractivity contribution < 1.29 is 4.79 Å². The Morgan fingerprint density at radius 1 is 1.02 bits per heavy atom. The van der Waals surface area contributed by atoms with Crippen LogP contribution in [0.15, 0.2) is 85.7 Å². The molecule has 4 heterocycles. The molecule has 1 fully saturated rings. The van der Waals surface area contributed by atoms with Crippen molar-refractivity contribution >= 4 is 22.8 Å². The molecule has 0 radical (unpaired) electrons. The van der Waals surface area contributed by atoms with Crippen LogP contribution in [0.1, 0.15) is 36.4 Å². The number of anilines is 1. The fraction of sp³-hybridized carbons (Fsp3) is 0.250. The summed E-state index contributed by atoms with van der Waals surface area (Å²) in [6.45, 7) is 5.16. The molecular formula is C32H32N8O. The van der Waals surface area contributed by atoms with E-state index in [2.05, 4.69) is 39.8 Å². The van der Waals surface area contributed by atoms with E-state index in [1.54, 1.807) is 10.9 Å². The number of fused-ring (bicyclic) bond motifs is 2. The van der Waals surface area contributed by atoms with E-state index in [4.69, 9.17) is 15.7 Å². The number of carbonyl (C=O) groups is 1. The summed E-state index contributed by atoms with van der Waals surface area (Å²) in [5, 5.41) is 8.25. The minimum atomic E-state index is 0.0251. The number of para-hydroxylation sites is 1. The molecule has 9 heteroatoms. The average molecular weight is 545 g/mol. The summed E-state index contributed by atoms with van der Waals surface area (Å²) in [7, 11) is 0. The number of aryl methyl sites for hydroxylation is 1. The van der Waals surface area contributed by atoms with Crippen molar-refractivity contribution in [1.29, 1.82) is 0 Å². The molecule has 1 atom stereocenters. The fourth-order valence-electron chi connectivity index (χ4n) is 6.20. The Morgan fingerprint density at radius 3 is 2.66 bits per heavy atom. The van der Waals surface area contributed by atoms with Crippen molar-refractivity contribution in [2.45, 2.75) is 37.8 Å². The van der Waals surface area contributed by atoms with Crippen molar-refractivity contribution in [2.24, 2.45) is 0 Å². The lowest BCUT2D eigenvalue weighted by atomic mass is 10.0. The summed E-state index contributed by atoms with van der Waals surface area (Å²) in [6.07, 6.45) is 9.00. The molecule has 7 rings (SSSR count). The van der Waals surface area contributed by atoms with Crippen LogP contribution in [0.3, 0.4) is 0 Å². The second kappa shape index (κ2) is 10.3. The number of hydrogen-bond acceptors (Lipinski definition) is 6. The number of amides is 1. The maximum Gasteiger partial charge on any atom is 0.245 e. The van der Waals surface area contributed by atoms with Crippen molar-refractivity contribution in [1.82, 2.24) is 34.5 Å². The molecule has 0 bridgehead atoms. The number of imidazole rings is 1. The Balaban J connectivity index is 1.24. The number of rotatable bonds is 6. The molecule has 1 aliphatic carbocycles. The maximum absolute atomic E-state index is 12.0. The first kappa shape index (κ1) is 25.2. The summed E-state index contributed by atoms with van der Waals surface area (Å²) in [5.41, 5.74) is 13.2. The zero-order chi connectivity index (χ0) is 27.9. The van der Waals surface area contributed by atoms with Gasteiger partial charge < -0.3 is 16.0 Å². The Morgan fingerprint density at radius 2 is 1.88 bits per heavy atom. The predicted octanol–water partition coefficient (Wildman–Crippen LogP) is 4.61. The first-order valence-electron chi connectivity index (χ1n) is 14.1. The van der Waals surface area contributed by atoms with Crippen LogP contribution in [-0.4, -0.2) is 54.3 Å². The van der Waals surface area contributed by atoms with Gasteiger partial charge in [0, 0.05) is 54.5 Å².